The molecule has 0 aliphatic heterocycles. The lowest BCUT2D eigenvalue weighted by Crippen LogP contribution is -2.01. The Morgan fingerprint density at radius 3 is 2.80 bits per heavy atom. The van der Waals surface area contributed by atoms with E-state index < -0.39 is 0 Å². The van der Waals surface area contributed by atoms with Gasteiger partial charge in [0.1, 0.15) is 0 Å². The van der Waals surface area contributed by atoms with Crippen LogP contribution in [0.3, 0.4) is 0 Å². The predicted octanol–water partition coefficient (Wildman–Crippen LogP) is 1.32. The summed E-state index contributed by atoms with van der Waals surface area (Å²) >= 11 is 0. The predicted molar refractivity (Wildman–Crippen MR) is 40.5 cm³/mol. The van der Waals surface area contributed by atoms with Crippen LogP contribution in [-0.2, 0) is 9.53 Å². The average Bonchev–Trinajstić information content (AvgIpc) is 1.87. The van der Waals surface area contributed by atoms with Crippen molar-refractivity contribution in [3.8, 4) is 0 Å². The summed E-state index contributed by atoms with van der Waals surface area (Å²) in [6.45, 7) is 5.40. The highest BCUT2D eigenvalue weighted by molar-refractivity contribution is 5.65. The third-order valence-corrected chi connectivity index (χ3v) is 0.851. The second-order valence-corrected chi connectivity index (χ2v) is 2.45. The molecule has 0 spiro atoms. The maximum atomic E-state index is 9.63. The largest absolute Gasteiger partial charge is 0.377 e. The van der Waals surface area contributed by atoms with Crippen molar-refractivity contribution in [2.45, 2.75) is 13.8 Å². The van der Waals surface area contributed by atoms with Gasteiger partial charge in [-0.2, -0.15) is 0 Å². The highest BCUT2D eigenvalue weighted by Crippen LogP contribution is 1.91. The third kappa shape index (κ3) is 7.37. The standard InChI is InChI=1S/C8H13O2/c1-8(2)7-10-6-4-3-5-9/h3-4,8H,6-7H2,1-2H3. The van der Waals surface area contributed by atoms with E-state index in [0.717, 1.165) is 6.61 Å². The van der Waals surface area contributed by atoms with Gasteiger partial charge in [-0.15, -0.1) is 0 Å². The van der Waals surface area contributed by atoms with Crippen molar-refractivity contribution in [3.05, 3.63) is 12.2 Å². The van der Waals surface area contributed by atoms with Gasteiger partial charge in [-0.1, -0.05) is 19.9 Å². The molecule has 2 heteroatoms. The Kier molecular flexibility index (Phi) is 6.08. The van der Waals surface area contributed by atoms with E-state index in [2.05, 4.69) is 13.8 Å². The van der Waals surface area contributed by atoms with E-state index in [-0.39, 0.29) is 0 Å². The lowest BCUT2D eigenvalue weighted by atomic mass is 10.2. The maximum absolute atomic E-state index is 9.63. The van der Waals surface area contributed by atoms with Crippen LogP contribution >= 0.6 is 0 Å². The lowest BCUT2D eigenvalue weighted by molar-refractivity contribution is 0.135. The Morgan fingerprint density at radius 1 is 1.60 bits per heavy atom. The van der Waals surface area contributed by atoms with E-state index in [1.54, 1.807) is 12.4 Å². The first-order chi connectivity index (χ1) is 4.77. The molecule has 2 nitrogen and oxygen atoms in total. The summed E-state index contributed by atoms with van der Waals surface area (Å²) in [4.78, 5) is 9.63. The summed E-state index contributed by atoms with van der Waals surface area (Å²) in [6.07, 6.45) is 4.61. The number of allylic oxidation sites excluding steroid dienone is 1. The molecule has 0 fully saturated rings. The fourth-order valence-corrected chi connectivity index (χ4v) is 0.468. The first-order valence-corrected chi connectivity index (χ1v) is 3.37. The molecule has 0 amide bonds. The van der Waals surface area contributed by atoms with Crippen molar-refractivity contribution >= 4 is 6.29 Å². The van der Waals surface area contributed by atoms with Gasteiger partial charge in [0.2, 0.25) is 6.29 Å². The molecule has 0 aliphatic carbocycles. The molecule has 57 valence electrons. The SMILES string of the molecule is CC(C)COCC=C[C]=O. The van der Waals surface area contributed by atoms with Crippen molar-refractivity contribution in [2.24, 2.45) is 5.92 Å². The fraction of sp³-hybridized carbons (Fsp3) is 0.625. The van der Waals surface area contributed by atoms with Crippen molar-refractivity contribution in [1.29, 1.82) is 0 Å². The zero-order valence-electron chi connectivity index (χ0n) is 6.46. The van der Waals surface area contributed by atoms with Crippen LogP contribution < -0.4 is 0 Å². The van der Waals surface area contributed by atoms with Gasteiger partial charge in [-0.25, -0.2) is 0 Å². The second kappa shape index (κ2) is 6.49. The minimum atomic E-state index is 0.507. The molecule has 1 radical (unpaired) electrons. The van der Waals surface area contributed by atoms with Crippen LogP contribution in [0.4, 0.5) is 0 Å². The summed E-state index contributed by atoms with van der Waals surface area (Å²) in [6, 6.07) is 0. The molecule has 0 rings (SSSR count). The molecule has 0 saturated carbocycles. The minimum absolute atomic E-state index is 0.507. The van der Waals surface area contributed by atoms with Crippen LogP contribution in [0.2, 0.25) is 0 Å². The molecule has 0 aromatic rings. The maximum Gasteiger partial charge on any atom is 0.225 e. The Balaban J connectivity index is 3.04. The van der Waals surface area contributed by atoms with Gasteiger partial charge in [0, 0.05) is 6.61 Å². The molecule has 0 heterocycles. The molecule has 0 unspecified atom stereocenters. The number of hydrogen-bond acceptors (Lipinski definition) is 2. The summed E-state index contributed by atoms with van der Waals surface area (Å²) in [5, 5.41) is 0. The number of carbonyl (C=O) groups excluding carboxylic acids is 1. The molecule has 10 heavy (non-hydrogen) atoms. The van der Waals surface area contributed by atoms with Crippen LogP contribution in [0.5, 0.6) is 0 Å². The molecule has 0 saturated heterocycles. The van der Waals surface area contributed by atoms with Gasteiger partial charge in [-0.05, 0) is 12.0 Å². The van der Waals surface area contributed by atoms with Gasteiger partial charge in [0.15, 0.2) is 0 Å². The zero-order valence-corrected chi connectivity index (χ0v) is 6.46. The summed E-state index contributed by atoms with van der Waals surface area (Å²) in [5.41, 5.74) is 0. The second-order valence-electron chi connectivity index (χ2n) is 2.45. The third-order valence-electron chi connectivity index (χ3n) is 0.851. The average molecular weight is 141 g/mol. The summed E-state index contributed by atoms with van der Waals surface area (Å²) < 4.78 is 5.13. The smallest absolute Gasteiger partial charge is 0.225 e. The Labute approximate surface area is 61.9 Å². The normalized spacial score (nSPS) is 11.1. The molecule has 0 atom stereocenters. The summed E-state index contributed by atoms with van der Waals surface area (Å²) in [5.74, 6) is 0.550. The van der Waals surface area contributed by atoms with Gasteiger partial charge in [0.25, 0.3) is 0 Å². The number of rotatable bonds is 5. The van der Waals surface area contributed by atoms with Crippen LogP contribution in [0.15, 0.2) is 12.2 Å². The molecule has 0 aromatic heterocycles. The topological polar surface area (TPSA) is 26.3 Å². The van der Waals surface area contributed by atoms with Crippen LogP contribution in [0.25, 0.3) is 0 Å². The summed E-state index contributed by atoms with van der Waals surface area (Å²) in [7, 11) is 0. The van der Waals surface area contributed by atoms with E-state index >= 15 is 0 Å². The number of ether oxygens (including phenoxy) is 1. The highest BCUT2D eigenvalue weighted by atomic mass is 16.5. The van der Waals surface area contributed by atoms with Crippen LogP contribution in [0, 0.1) is 5.92 Å². The van der Waals surface area contributed by atoms with Crippen molar-refractivity contribution in [3.63, 3.8) is 0 Å². The minimum Gasteiger partial charge on any atom is -0.377 e. The molecular formula is C8H13O2. The van der Waals surface area contributed by atoms with E-state index in [9.17, 15) is 4.79 Å². The van der Waals surface area contributed by atoms with Crippen molar-refractivity contribution in [1.82, 2.24) is 0 Å². The zero-order chi connectivity index (χ0) is 7.82. The van der Waals surface area contributed by atoms with Gasteiger partial charge in [0.05, 0.1) is 6.61 Å². The first-order valence-electron chi connectivity index (χ1n) is 3.37. The van der Waals surface area contributed by atoms with Gasteiger partial charge in [-0.3, -0.25) is 4.79 Å². The first kappa shape index (κ1) is 9.37. The molecule has 0 aliphatic rings. The van der Waals surface area contributed by atoms with Crippen molar-refractivity contribution in [2.75, 3.05) is 13.2 Å². The monoisotopic (exact) mass is 141 g/mol. The molecule has 0 aromatic carbocycles. The Morgan fingerprint density at radius 2 is 2.30 bits per heavy atom. The molecular weight excluding hydrogens is 128 g/mol. The van der Waals surface area contributed by atoms with E-state index in [4.69, 9.17) is 4.74 Å². The van der Waals surface area contributed by atoms with Crippen LogP contribution in [-0.4, -0.2) is 19.5 Å². The highest BCUT2D eigenvalue weighted by Gasteiger charge is 1.89. The van der Waals surface area contributed by atoms with Crippen LogP contribution in [0.1, 0.15) is 13.8 Å². The van der Waals surface area contributed by atoms with Gasteiger partial charge < -0.3 is 4.74 Å². The molecule has 0 N–H and O–H groups in total. The lowest BCUT2D eigenvalue weighted by Gasteiger charge is -2.02. The quantitative estimate of drug-likeness (QED) is 0.426. The van der Waals surface area contributed by atoms with Crippen molar-refractivity contribution < 1.29 is 9.53 Å². The van der Waals surface area contributed by atoms with Gasteiger partial charge >= 0.3 is 0 Å². The number of hydrogen-bond donors (Lipinski definition) is 0. The fourth-order valence-electron chi connectivity index (χ4n) is 0.468. The van der Waals surface area contributed by atoms with E-state index in [1.165, 1.54) is 6.08 Å². The Bertz CT molecular complexity index is 106. The Hall–Kier alpha value is -0.630. The van der Waals surface area contributed by atoms with E-state index in [0.29, 0.717) is 12.5 Å². The van der Waals surface area contributed by atoms with E-state index in [1.807, 2.05) is 0 Å². The molecule has 0 bridgehead atoms.